The van der Waals surface area contributed by atoms with Gasteiger partial charge in [0.15, 0.2) is 0 Å². The molecule has 2 heterocycles. The zero-order valence-corrected chi connectivity index (χ0v) is 15.4. The fourth-order valence-electron chi connectivity index (χ4n) is 4.04. The van der Waals surface area contributed by atoms with Crippen molar-refractivity contribution in [3.05, 3.63) is 28.8 Å². The van der Waals surface area contributed by atoms with Gasteiger partial charge in [-0.25, -0.2) is 0 Å². The molecule has 0 radical (unpaired) electrons. The van der Waals surface area contributed by atoms with Gasteiger partial charge in [0.25, 0.3) is 0 Å². The number of rotatable bonds is 6. The highest BCUT2D eigenvalue weighted by Gasteiger charge is 2.37. The minimum Gasteiger partial charge on any atom is -0.507 e. The van der Waals surface area contributed by atoms with Crippen LogP contribution in [0.3, 0.4) is 0 Å². The Kier molecular flexibility index (Phi) is 5.19. The molecular weight excluding hydrogens is 298 g/mol. The minimum atomic E-state index is -0.281. The van der Waals surface area contributed by atoms with Crippen LogP contribution in [0.1, 0.15) is 70.4 Å². The van der Waals surface area contributed by atoms with Gasteiger partial charge in [-0.1, -0.05) is 32.6 Å². The molecule has 2 N–H and O–H groups in total. The lowest BCUT2D eigenvalue weighted by molar-refractivity contribution is 0.137. The molecule has 3 heteroatoms. The lowest BCUT2D eigenvalue weighted by Gasteiger charge is -2.40. The zero-order valence-electron chi connectivity index (χ0n) is 15.4. The number of hydrogen-bond acceptors (Lipinski definition) is 3. The van der Waals surface area contributed by atoms with Crippen LogP contribution < -0.4 is 10.1 Å². The highest BCUT2D eigenvalue weighted by molar-refractivity contribution is 5.82. The highest BCUT2D eigenvalue weighted by atomic mass is 16.5. The number of benzene rings is 1. The topological polar surface area (TPSA) is 41.5 Å². The van der Waals surface area contributed by atoms with E-state index in [1.165, 1.54) is 48.8 Å². The van der Waals surface area contributed by atoms with E-state index in [4.69, 9.17) is 4.74 Å². The van der Waals surface area contributed by atoms with Gasteiger partial charge in [0.05, 0.1) is 5.56 Å². The Labute approximate surface area is 146 Å². The summed E-state index contributed by atoms with van der Waals surface area (Å²) in [6.07, 6.45) is 8.33. The van der Waals surface area contributed by atoms with Crippen molar-refractivity contribution in [3.63, 3.8) is 0 Å². The van der Waals surface area contributed by atoms with Crippen molar-refractivity contribution in [1.29, 1.82) is 0 Å². The fraction of sp³-hybridized carbons (Fsp3) is 0.619. The van der Waals surface area contributed by atoms with E-state index in [0.717, 1.165) is 37.2 Å². The van der Waals surface area contributed by atoms with E-state index in [-0.39, 0.29) is 5.60 Å². The third kappa shape index (κ3) is 3.46. The summed E-state index contributed by atoms with van der Waals surface area (Å²) in [4.78, 5) is 0. The standard InChI is InChI=1S/C21H31NO2/c1-4-5-6-7-8-9-15-12-18(23)20-16-14-22-11-10-17(16)21(2,3)24-19(20)13-15/h12-13,22-23H,4-11,14H2,1-3H3. The molecule has 1 aromatic rings. The molecule has 3 nitrogen and oxygen atoms in total. The Hall–Kier alpha value is -1.48. The maximum absolute atomic E-state index is 10.6. The van der Waals surface area contributed by atoms with Crippen LogP contribution in [0.4, 0.5) is 0 Å². The fourth-order valence-corrected chi connectivity index (χ4v) is 4.04. The van der Waals surface area contributed by atoms with Crippen molar-refractivity contribution in [2.75, 3.05) is 13.1 Å². The summed E-state index contributed by atoms with van der Waals surface area (Å²) < 4.78 is 6.31. The summed E-state index contributed by atoms with van der Waals surface area (Å²) >= 11 is 0. The van der Waals surface area contributed by atoms with Gasteiger partial charge in [-0.05, 0) is 68.5 Å². The first-order valence-electron chi connectivity index (χ1n) is 9.51. The van der Waals surface area contributed by atoms with Crippen LogP contribution >= 0.6 is 0 Å². The van der Waals surface area contributed by atoms with E-state index in [2.05, 4.69) is 32.2 Å². The largest absolute Gasteiger partial charge is 0.507 e. The lowest BCUT2D eigenvalue weighted by Crippen LogP contribution is -2.40. The molecule has 0 saturated heterocycles. The Morgan fingerprint density at radius 1 is 1.17 bits per heavy atom. The molecular formula is C21H31NO2. The number of unbranched alkanes of at least 4 members (excludes halogenated alkanes) is 4. The van der Waals surface area contributed by atoms with Crippen LogP contribution in [0.5, 0.6) is 11.5 Å². The van der Waals surface area contributed by atoms with Gasteiger partial charge in [-0.3, -0.25) is 0 Å². The quantitative estimate of drug-likeness (QED) is 0.735. The van der Waals surface area contributed by atoms with E-state index in [0.29, 0.717) is 5.75 Å². The number of aryl methyl sites for hydroxylation is 1. The van der Waals surface area contributed by atoms with E-state index in [9.17, 15) is 5.11 Å². The number of phenolic OH excluding ortho intramolecular Hbond substituents is 1. The summed E-state index contributed by atoms with van der Waals surface area (Å²) in [7, 11) is 0. The first kappa shape index (κ1) is 17.3. The van der Waals surface area contributed by atoms with Crippen molar-refractivity contribution in [1.82, 2.24) is 5.32 Å². The summed E-state index contributed by atoms with van der Waals surface area (Å²) in [5.41, 5.74) is 4.38. The Balaban J connectivity index is 1.83. The van der Waals surface area contributed by atoms with E-state index < -0.39 is 0 Å². The maximum Gasteiger partial charge on any atom is 0.132 e. The monoisotopic (exact) mass is 329 g/mol. The predicted octanol–water partition coefficient (Wildman–Crippen LogP) is 4.82. The molecule has 0 unspecified atom stereocenters. The van der Waals surface area contributed by atoms with E-state index >= 15 is 0 Å². The zero-order chi connectivity index (χ0) is 17.2. The van der Waals surface area contributed by atoms with Crippen molar-refractivity contribution in [2.24, 2.45) is 0 Å². The first-order chi connectivity index (χ1) is 11.5. The number of phenols is 1. The molecule has 0 aliphatic carbocycles. The van der Waals surface area contributed by atoms with Gasteiger partial charge >= 0.3 is 0 Å². The molecule has 2 aliphatic heterocycles. The predicted molar refractivity (Wildman–Crippen MR) is 99.7 cm³/mol. The third-order valence-electron chi connectivity index (χ3n) is 5.32. The summed E-state index contributed by atoms with van der Waals surface area (Å²) in [6.45, 7) is 8.33. The van der Waals surface area contributed by atoms with Crippen molar-refractivity contribution >= 4 is 5.57 Å². The van der Waals surface area contributed by atoms with E-state index in [1.54, 1.807) is 0 Å². The Morgan fingerprint density at radius 2 is 1.96 bits per heavy atom. The van der Waals surface area contributed by atoms with Crippen molar-refractivity contribution in [2.45, 2.75) is 71.3 Å². The number of aromatic hydroxyl groups is 1. The maximum atomic E-state index is 10.6. The van der Waals surface area contributed by atoms with Gasteiger partial charge in [0.1, 0.15) is 17.1 Å². The second kappa shape index (κ2) is 7.18. The highest BCUT2D eigenvalue weighted by Crippen LogP contribution is 2.47. The molecule has 0 aromatic heterocycles. The van der Waals surface area contributed by atoms with Crippen LogP contribution in [0.15, 0.2) is 17.7 Å². The lowest BCUT2D eigenvalue weighted by atomic mass is 9.81. The van der Waals surface area contributed by atoms with Crippen LogP contribution in [-0.4, -0.2) is 23.8 Å². The average Bonchev–Trinajstić information content (AvgIpc) is 2.54. The molecule has 0 spiro atoms. The minimum absolute atomic E-state index is 0.281. The number of fused-ring (bicyclic) bond motifs is 2. The van der Waals surface area contributed by atoms with Crippen LogP contribution in [-0.2, 0) is 6.42 Å². The second-order valence-electron chi connectivity index (χ2n) is 7.65. The molecule has 0 atom stereocenters. The van der Waals surface area contributed by atoms with Gasteiger partial charge in [-0.15, -0.1) is 0 Å². The van der Waals surface area contributed by atoms with Crippen LogP contribution in [0, 0.1) is 0 Å². The smallest absolute Gasteiger partial charge is 0.132 e. The van der Waals surface area contributed by atoms with Crippen LogP contribution in [0.2, 0.25) is 0 Å². The molecule has 0 bridgehead atoms. The molecule has 0 saturated carbocycles. The summed E-state index contributed by atoms with van der Waals surface area (Å²) in [6, 6.07) is 4.09. The van der Waals surface area contributed by atoms with Gasteiger partial charge < -0.3 is 15.2 Å². The first-order valence-corrected chi connectivity index (χ1v) is 9.51. The van der Waals surface area contributed by atoms with Gasteiger partial charge in [0, 0.05) is 6.54 Å². The normalized spacial score (nSPS) is 18.8. The van der Waals surface area contributed by atoms with Gasteiger partial charge in [-0.2, -0.15) is 0 Å². The van der Waals surface area contributed by atoms with Gasteiger partial charge in [0.2, 0.25) is 0 Å². The number of hydrogen-bond donors (Lipinski definition) is 2. The average molecular weight is 329 g/mol. The molecule has 2 aliphatic rings. The molecule has 24 heavy (non-hydrogen) atoms. The summed E-state index contributed by atoms with van der Waals surface area (Å²) in [5, 5.41) is 14.1. The molecule has 0 fully saturated rings. The number of nitrogens with one attached hydrogen (secondary N) is 1. The van der Waals surface area contributed by atoms with Crippen LogP contribution in [0.25, 0.3) is 5.57 Å². The molecule has 3 rings (SSSR count). The number of ether oxygens (including phenoxy) is 1. The van der Waals surface area contributed by atoms with Crippen molar-refractivity contribution in [3.8, 4) is 11.5 Å². The van der Waals surface area contributed by atoms with Crippen molar-refractivity contribution < 1.29 is 9.84 Å². The SMILES string of the molecule is CCCCCCCc1cc(O)c2c(c1)OC(C)(C)C1=C2CNCC1. The Bertz CT molecular complexity index is 631. The molecule has 0 amide bonds. The Morgan fingerprint density at radius 3 is 2.75 bits per heavy atom. The second-order valence-corrected chi connectivity index (χ2v) is 7.65. The summed E-state index contributed by atoms with van der Waals surface area (Å²) in [5.74, 6) is 1.23. The molecule has 132 valence electrons. The molecule has 1 aromatic carbocycles. The van der Waals surface area contributed by atoms with E-state index in [1.807, 2.05) is 6.07 Å². The third-order valence-corrected chi connectivity index (χ3v) is 5.32.